The van der Waals surface area contributed by atoms with Crippen LogP contribution in [0.4, 0.5) is 4.39 Å². The summed E-state index contributed by atoms with van der Waals surface area (Å²) >= 11 is 0. The Morgan fingerprint density at radius 2 is 2.12 bits per heavy atom. The second-order valence-corrected chi connectivity index (χ2v) is 6.71. The lowest BCUT2D eigenvalue weighted by Gasteiger charge is -2.25. The summed E-state index contributed by atoms with van der Waals surface area (Å²) in [4.78, 5) is 17.1. The van der Waals surface area contributed by atoms with E-state index in [0.717, 1.165) is 32.5 Å². The highest BCUT2D eigenvalue weighted by Crippen LogP contribution is 2.33. The van der Waals surface area contributed by atoms with Gasteiger partial charge in [0.15, 0.2) is 0 Å². The zero-order valence-electron chi connectivity index (χ0n) is 13.7. The van der Waals surface area contributed by atoms with Crippen LogP contribution in [0.5, 0.6) is 0 Å². The lowest BCUT2D eigenvalue weighted by atomic mass is 10.1. The second kappa shape index (κ2) is 6.02. The van der Waals surface area contributed by atoms with Crippen molar-refractivity contribution in [2.75, 3.05) is 13.1 Å². The highest BCUT2D eigenvalue weighted by molar-refractivity contribution is 5.94. The van der Waals surface area contributed by atoms with Gasteiger partial charge in [-0.05, 0) is 31.0 Å². The maximum Gasteiger partial charge on any atom is 0.254 e. The van der Waals surface area contributed by atoms with Crippen LogP contribution >= 0.6 is 0 Å². The van der Waals surface area contributed by atoms with E-state index in [-0.39, 0.29) is 17.8 Å². The number of fused-ring (bicyclic) bond motifs is 1. The number of hydrogen-bond donors (Lipinski definition) is 0. The minimum Gasteiger partial charge on any atom is -0.334 e. The molecule has 6 heteroatoms. The summed E-state index contributed by atoms with van der Waals surface area (Å²) in [5.41, 5.74) is 1.65. The fourth-order valence-electron chi connectivity index (χ4n) is 4.10. The van der Waals surface area contributed by atoms with Crippen LogP contribution in [0.1, 0.15) is 28.8 Å². The number of aromatic nitrogens is 2. The maximum absolute atomic E-state index is 13.4. The molecule has 0 aliphatic carbocycles. The summed E-state index contributed by atoms with van der Waals surface area (Å²) in [6.07, 6.45) is 5.90. The van der Waals surface area contributed by atoms with Gasteiger partial charge in [-0.2, -0.15) is 5.10 Å². The van der Waals surface area contributed by atoms with Gasteiger partial charge in [0.25, 0.3) is 5.91 Å². The average molecular weight is 328 g/mol. The van der Waals surface area contributed by atoms with Crippen LogP contribution in [0.25, 0.3) is 0 Å². The fourth-order valence-corrected chi connectivity index (χ4v) is 4.10. The van der Waals surface area contributed by atoms with E-state index >= 15 is 0 Å². The summed E-state index contributed by atoms with van der Waals surface area (Å²) < 4.78 is 15.2. The molecule has 126 valence electrons. The first-order valence-corrected chi connectivity index (χ1v) is 8.40. The van der Waals surface area contributed by atoms with Crippen molar-refractivity contribution >= 4 is 5.91 Å². The molecule has 2 fully saturated rings. The van der Waals surface area contributed by atoms with Gasteiger partial charge in [-0.3, -0.25) is 14.4 Å². The molecule has 0 N–H and O–H groups in total. The quantitative estimate of drug-likeness (QED) is 0.866. The van der Waals surface area contributed by atoms with Crippen molar-refractivity contribution in [2.24, 2.45) is 7.05 Å². The van der Waals surface area contributed by atoms with Crippen molar-refractivity contribution in [1.82, 2.24) is 19.6 Å². The molecule has 2 aliphatic heterocycles. The molecular weight excluding hydrogens is 307 g/mol. The molecule has 0 radical (unpaired) electrons. The van der Waals surface area contributed by atoms with E-state index < -0.39 is 0 Å². The number of amides is 1. The van der Waals surface area contributed by atoms with E-state index in [1.165, 1.54) is 17.7 Å². The van der Waals surface area contributed by atoms with Gasteiger partial charge >= 0.3 is 0 Å². The van der Waals surface area contributed by atoms with E-state index in [1.807, 2.05) is 29.0 Å². The average Bonchev–Trinajstić information content (AvgIpc) is 3.25. The van der Waals surface area contributed by atoms with Crippen molar-refractivity contribution in [3.05, 3.63) is 53.6 Å². The van der Waals surface area contributed by atoms with Gasteiger partial charge in [0.05, 0.1) is 6.20 Å². The molecule has 2 aliphatic rings. The molecule has 4 rings (SSSR count). The molecule has 24 heavy (non-hydrogen) atoms. The van der Waals surface area contributed by atoms with Crippen LogP contribution in [-0.2, 0) is 13.6 Å². The Bertz CT molecular complexity index is 759. The number of aryl methyl sites for hydroxylation is 1. The molecule has 5 nitrogen and oxygen atoms in total. The Morgan fingerprint density at radius 3 is 2.88 bits per heavy atom. The van der Waals surface area contributed by atoms with Gasteiger partial charge in [-0.1, -0.05) is 6.07 Å². The first kappa shape index (κ1) is 15.3. The topological polar surface area (TPSA) is 41.4 Å². The Morgan fingerprint density at radius 1 is 1.29 bits per heavy atom. The first-order chi connectivity index (χ1) is 11.6. The van der Waals surface area contributed by atoms with Gasteiger partial charge < -0.3 is 4.90 Å². The van der Waals surface area contributed by atoms with Crippen LogP contribution in [-0.4, -0.2) is 50.7 Å². The zero-order chi connectivity index (χ0) is 16.7. The highest BCUT2D eigenvalue weighted by atomic mass is 19.1. The van der Waals surface area contributed by atoms with Crippen molar-refractivity contribution in [3.63, 3.8) is 0 Å². The molecule has 0 bridgehead atoms. The SMILES string of the molecule is Cn1cc(CN2CC[C@@H]3[C@@H]2CCN3C(=O)c2cccc(F)c2)cn1. The monoisotopic (exact) mass is 328 g/mol. The van der Waals surface area contributed by atoms with Gasteiger partial charge in [-0.15, -0.1) is 0 Å². The van der Waals surface area contributed by atoms with Gasteiger partial charge in [-0.25, -0.2) is 4.39 Å². The molecule has 3 heterocycles. The standard InChI is InChI=1S/C18H21FN4O/c1-21-11-13(10-20-21)12-22-7-5-17-16(22)6-8-23(17)18(24)14-3-2-4-15(19)9-14/h2-4,9-11,16-17H,5-8,12H2,1H3/t16-,17+/m0/s1. The maximum atomic E-state index is 13.4. The van der Waals surface area contributed by atoms with E-state index in [9.17, 15) is 9.18 Å². The smallest absolute Gasteiger partial charge is 0.254 e. The summed E-state index contributed by atoms with van der Waals surface area (Å²) in [7, 11) is 1.92. The second-order valence-electron chi connectivity index (χ2n) is 6.71. The van der Waals surface area contributed by atoms with Crippen LogP contribution in [0, 0.1) is 5.82 Å². The van der Waals surface area contributed by atoms with Crippen molar-refractivity contribution < 1.29 is 9.18 Å². The predicted molar refractivity (Wildman–Crippen MR) is 87.9 cm³/mol. The summed E-state index contributed by atoms with van der Waals surface area (Å²) in [6, 6.07) is 6.62. The van der Waals surface area contributed by atoms with E-state index in [0.29, 0.717) is 11.6 Å². The third kappa shape index (κ3) is 2.71. The zero-order valence-corrected chi connectivity index (χ0v) is 13.7. The van der Waals surface area contributed by atoms with Crippen LogP contribution in [0.15, 0.2) is 36.7 Å². The third-order valence-electron chi connectivity index (χ3n) is 5.17. The summed E-state index contributed by atoms with van der Waals surface area (Å²) in [5, 5.41) is 4.23. The number of nitrogens with zero attached hydrogens (tertiary/aromatic N) is 4. The Balaban J connectivity index is 1.47. The number of benzene rings is 1. The Labute approximate surface area is 140 Å². The third-order valence-corrected chi connectivity index (χ3v) is 5.17. The number of carbonyl (C=O) groups excluding carboxylic acids is 1. The molecule has 0 saturated carbocycles. The molecule has 1 aromatic heterocycles. The number of rotatable bonds is 3. The number of halogens is 1. The molecule has 1 aromatic carbocycles. The summed E-state index contributed by atoms with van der Waals surface area (Å²) in [6.45, 7) is 2.60. The molecule has 1 amide bonds. The number of hydrogen-bond acceptors (Lipinski definition) is 3. The molecule has 2 saturated heterocycles. The van der Waals surface area contributed by atoms with Gasteiger partial charge in [0.2, 0.25) is 0 Å². The Hall–Kier alpha value is -2.21. The van der Waals surface area contributed by atoms with Crippen molar-refractivity contribution in [2.45, 2.75) is 31.5 Å². The molecule has 2 aromatic rings. The largest absolute Gasteiger partial charge is 0.334 e. The molecule has 0 spiro atoms. The van der Waals surface area contributed by atoms with Crippen LogP contribution in [0.3, 0.4) is 0 Å². The first-order valence-electron chi connectivity index (χ1n) is 8.40. The van der Waals surface area contributed by atoms with E-state index in [2.05, 4.69) is 10.00 Å². The van der Waals surface area contributed by atoms with E-state index in [1.54, 1.807) is 12.1 Å². The fraction of sp³-hybridized carbons (Fsp3) is 0.444. The predicted octanol–water partition coefficient (Wildman–Crippen LogP) is 2.05. The van der Waals surface area contributed by atoms with Gasteiger partial charge in [0, 0.05) is 56.1 Å². The lowest BCUT2D eigenvalue weighted by Crippen LogP contribution is -2.39. The number of carbonyl (C=O) groups is 1. The van der Waals surface area contributed by atoms with Crippen molar-refractivity contribution in [1.29, 1.82) is 0 Å². The minimum absolute atomic E-state index is 0.0507. The van der Waals surface area contributed by atoms with Gasteiger partial charge in [0.1, 0.15) is 5.82 Å². The molecule has 0 unspecified atom stereocenters. The molecule has 2 atom stereocenters. The van der Waals surface area contributed by atoms with E-state index in [4.69, 9.17) is 0 Å². The van der Waals surface area contributed by atoms with Crippen LogP contribution in [0.2, 0.25) is 0 Å². The summed E-state index contributed by atoms with van der Waals surface area (Å²) in [5.74, 6) is -0.411. The number of likely N-dealkylation sites (tertiary alicyclic amines) is 2. The molecular formula is C18H21FN4O. The minimum atomic E-state index is -0.360. The van der Waals surface area contributed by atoms with Crippen LogP contribution < -0.4 is 0 Å². The lowest BCUT2D eigenvalue weighted by molar-refractivity contribution is 0.0731. The highest BCUT2D eigenvalue weighted by Gasteiger charge is 2.44. The van der Waals surface area contributed by atoms with Crippen molar-refractivity contribution in [3.8, 4) is 0 Å². The Kier molecular flexibility index (Phi) is 3.84. The normalized spacial score (nSPS) is 23.7.